The fraction of sp³-hybridized carbons (Fsp3) is 0.286. The normalized spacial score (nSPS) is 13.5. The van der Waals surface area contributed by atoms with Crippen molar-refractivity contribution < 1.29 is 37.0 Å². The number of halogens is 6. The quantitative estimate of drug-likeness (QED) is 0.395. The molecule has 0 fully saturated rings. The van der Waals surface area contributed by atoms with Gasteiger partial charge in [0, 0.05) is 16.1 Å². The van der Waals surface area contributed by atoms with Crippen LogP contribution in [0.2, 0.25) is 5.02 Å². The number of amides is 1. The Labute approximate surface area is 199 Å². The molecule has 14 heteroatoms. The Morgan fingerprint density at radius 2 is 1.80 bits per heavy atom. The van der Waals surface area contributed by atoms with Gasteiger partial charge in [0.25, 0.3) is 0 Å². The first-order valence-electron chi connectivity index (χ1n) is 9.94. The van der Waals surface area contributed by atoms with Crippen LogP contribution >= 0.6 is 11.6 Å². The van der Waals surface area contributed by atoms with Crippen LogP contribution in [0.3, 0.4) is 0 Å². The van der Waals surface area contributed by atoms with Gasteiger partial charge >= 0.3 is 11.9 Å². The third-order valence-corrected chi connectivity index (χ3v) is 5.18. The number of rotatable bonds is 8. The van der Waals surface area contributed by atoms with Crippen molar-refractivity contribution in [2.24, 2.45) is 0 Å². The van der Waals surface area contributed by atoms with Gasteiger partial charge < -0.3 is 15.5 Å². The molecule has 0 aliphatic heterocycles. The van der Waals surface area contributed by atoms with Crippen molar-refractivity contribution in [2.45, 2.75) is 31.4 Å². The zero-order valence-corrected chi connectivity index (χ0v) is 18.4. The molecule has 0 aliphatic carbocycles. The number of hydrogen-bond acceptors (Lipinski definition) is 5. The highest BCUT2D eigenvalue weighted by Crippen LogP contribution is 2.24. The van der Waals surface area contributed by atoms with Crippen LogP contribution in [-0.4, -0.2) is 49.4 Å². The lowest BCUT2D eigenvalue weighted by atomic mass is 10.1. The number of aliphatic hydroxyl groups is 2. The highest BCUT2D eigenvalue weighted by Gasteiger charge is 2.39. The first-order valence-corrected chi connectivity index (χ1v) is 10.3. The van der Waals surface area contributed by atoms with Gasteiger partial charge in [-0.25, -0.2) is 18.3 Å². The molecule has 1 amide bonds. The molecule has 188 valence electrons. The number of aliphatic hydroxyl groups excluding tert-OH is 2. The maximum Gasteiger partial charge on any atom is 0.416 e. The summed E-state index contributed by atoms with van der Waals surface area (Å²) < 4.78 is 67.4. The van der Waals surface area contributed by atoms with E-state index in [2.05, 4.69) is 10.4 Å². The Kier molecular flexibility index (Phi) is 7.93. The Balaban J connectivity index is 1.91. The lowest BCUT2D eigenvalue weighted by Gasteiger charge is -2.17. The van der Waals surface area contributed by atoms with Crippen LogP contribution < -0.4 is 11.0 Å². The van der Waals surface area contributed by atoms with Gasteiger partial charge in [-0.2, -0.15) is 13.2 Å². The van der Waals surface area contributed by atoms with E-state index in [1.54, 1.807) is 0 Å². The number of alkyl halides is 3. The molecular formula is C21H18ClF5N4O4. The van der Waals surface area contributed by atoms with E-state index in [0.29, 0.717) is 14.3 Å². The summed E-state index contributed by atoms with van der Waals surface area (Å²) in [6.45, 7) is -2.85. The molecule has 0 aliphatic rings. The summed E-state index contributed by atoms with van der Waals surface area (Å²) >= 11 is 5.82. The van der Waals surface area contributed by atoms with E-state index in [-0.39, 0.29) is 17.0 Å². The molecule has 2 aromatic carbocycles. The lowest BCUT2D eigenvalue weighted by Crippen LogP contribution is -2.39. The van der Waals surface area contributed by atoms with E-state index in [1.807, 2.05) is 0 Å². The molecule has 35 heavy (non-hydrogen) atoms. The fourth-order valence-corrected chi connectivity index (χ4v) is 3.31. The monoisotopic (exact) mass is 520 g/mol. The van der Waals surface area contributed by atoms with E-state index in [0.717, 1.165) is 12.1 Å². The second-order valence-electron chi connectivity index (χ2n) is 7.38. The number of benzene rings is 2. The van der Waals surface area contributed by atoms with Gasteiger partial charge in [-0.05, 0) is 30.3 Å². The summed E-state index contributed by atoms with van der Waals surface area (Å²) in [7, 11) is 0. The largest absolute Gasteiger partial charge is 0.416 e. The zero-order valence-electron chi connectivity index (χ0n) is 17.6. The van der Waals surface area contributed by atoms with Crippen molar-refractivity contribution in [1.29, 1.82) is 0 Å². The predicted octanol–water partition coefficient (Wildman–Crippen LogP) is 2.42. The van der Waals surface area contributed by atoms with Gasteiger partial charge in [-0.3, -0.25) is 9.36 Å². The summed E-state index contributed by atoms with van der Waals surface area (Å²) in [5.74, 6) is -3.75. The summed E-state index contributed by atoms with van der Waals surface area (Å²) in [6, 6.07) is 7.32. The molecule has 0 bridgehead atoms. The highest BCUT2D eigenvalue weighted by atomic mass is 35.5. The number of carbonyl (C=O) groups is 1. The summed E-state index contributed by atoms with van der Waals surface area (Å²) in [5, 5.41) is 25.4. The van der Waals surface area contributed by atoms with Crippen molar-refractivity contribution in [3.63, 3.8) is 0 Å². The number of carbonyl (C=O) groups excluding carboxylic acids is 1. The number of hydrogen-bond donors (Lipinski definition) is 3. The van der Waals surface area contributed by atoms with Crippen LogP contribution in [0.4, 0.5) is 22.0 Å². The average Bonchev–Trinajstić information content (AvgIpc) is 3.09. The van der Waals surface area contributed by atoms with E-state index in [9.17, 15) is 41.8 Å². The van der Waals surface area contributed by atoms with Gasteiger partial charge in [0.15, 0.2) is 23.6 Å². The topological polar surface area (TPSA) is 109 Å². The maximum absolute atomic E-state index is 14.0. The van der Waals surface area contributed by atoms with Crippen molar-refractivity contribution in [3.8, 4) is 11.4 Å². The Hall–Kier alpha value is -3.29. The Morgan fingerprint density at radius 1 is 1.14 bits per heavy atom. The van der Waals surface area contributed by atoms with Crippen LogP contribution in [-0.2, 0) is 17.9 Å². The number of nitrogens with one attached hydrogen (secondary N) is 1. The molecule has 0 saturated heterocycles. The first-order chi connectivity index (χ1) is 16.4. The average molecular weight is 521 g/mol. The van der Waals surface area contributed by atoms with E-state index in [1.165, 1.54) is 30.3 Å². The second kappa shape index (κ2) is 10.5. The van der Waals surface area contributed by atoms with Crippen LogP contribution in [0.15, 0.2) is 47.3 Å². The highest BCUT2D eigenvalue weighted by molar-refractivity contribution is 6.30. The first kappa shape index (κ1) is 26.3. The smallest absolute Gasteiger partial charge is 0.394 e. The number of aromatic nitrogens is 3. The van der Waals surface area contributed by atoms with Crippen molar-refractivity contribution in [2.75, 3.05) is 6.61 Å². The third kappa shape index (κ3) is 6.05. The van der Waals surface area contributed by atoms with Crippen LogP contribution in [0.1, 0.15) is 11.6 Å². The van der Waals surface area contributed by atoms with Crippen LogP contribution in [0, 0.1) is 11.6 Å². The lowest BCUT2D eigenvalue weighted by molar-refractivity contribution is -0.207. The van der Waals surface area contributed by atoms with Crippen molar-refractivity contribution in [1.82, 2.24) is 19.7 Å². The Bertz CT molecular complexity index is 1260. The van der Waals surface area contributed by atoms with Gasteiger partial charge in [0.1, 0.15) is 6.54 Å². The van der Waals surface area contributed by atoms with Gasteiger partial charge in [0.2, 0.25) is 5.91 Å². The predicted molar refractivity (Wildman–Crippen MR) is 113 cm³/mol. The molecule has 0 spiro atoms. The molecule has 0 radical (unpaired) electrons. The number of nitrogens with zero attached hydrogens (tertiary/aromatic N) is 3. The summed E-state index contributed by atoms with van der Waals surface area (Å²) in [5.41, 5.74) is -1.32. The van der Waals surface area contributed by atoms with Gasteiger partial charge in [-0.1, -0.05) is 23.7 Å². The minimum Gasteiger partial charge on any atom is -0.394 e. The van der Waals surface area contributed by atoms with Gasteiger partial charge in [-0.15, -0.1) is 5.10 Å². The third-order valence-electron chi connectivity index (χ3n) is 4.93. The molecule has 8 nitrogen and oxygen atoms in total. The maximum atomic E-state index is 14.0. The minimum absolute atomic E-state index is 0.176. The second-order valence-corrected chi connectivity index (χ2v) is 7.82. The molecular weight excluding hydrogens is 503 g/mol. The van der Waals surface area contributed by atoms with E-state index < -0.39 is 61.2 Å². The summed E-state index contributed by atoms with van der Waals surface area (Å²) in [6.07, 6.45) is -7.92. The molecule has 2 atom stereocenters. The van der Waals surface area contributed by atoms with E-state index >= 15 is 0 Å². The SMILES string of the molecule is O=C(Cn1nc(-c2ccc(Cl)cc2)n(C[C@H](O)C(F)(F)F)c1=O)NC(CO)c1cccc(F)c1F. The molecule has 3 aromatic rings. The minimum atomic E-state index is -5.03. The Morgan fingerprint density at radius 3 is 2.40 bits per heavy atom. The van der Waals surface area contributed by atoms with Crippen molar-refractivity contribution >= 4 is 17.5 Å². The van der Waals surface area contributed by atoms with Gasteiger partial charge in [0.05, 0.1) is 19.2 Å². The molecule has 1 heterocycles. The molecule has 3 rings (SSSR count). The van der Waals surface area contributed by atoms with Crippen LogP contribution in [0.5, 0.6) is 0 Å². The molecule has 1 aromatic heterocycles. The van der Waals surface area contributed by atoms with Crippen molar-refractivity contribution in [3.05, 3.63) is 75.2 Å². The van der Waals surface area contributed by atoms with Crippen LogP contribution in [0.25, 0.3) is 11.4 Å². The zero-order chi connectivity index (χ0) is 25.9. The fourth-order valence-electron chi connectivity index (χ4n) is 3.18. The molecule has 3 N–H and O–H groups in total. The summed E-state index contributed by atoms with van der Waals surface area (Å²) in [4.78, 5) is 25.3. The van der Waals surface area contributed by atoms with E-state index in [4.69, 9.17) is 11.6 Å². The standard InChI is InChI=1S/C21H18ClF5N4O4/c22-12-6-4-11(5-7-12)19-29-31(20(35)30(19)8-16(33)21(25,26)27)9-17(34)28-15(10-32)13-2-1-3-14(23)18(13)24/h1-7,15-16,32-33H,8-10H2,(H,28,34)/t15?,16-/m0/s1. The molecule has 1 unspecified atom stereocenters. The molecule has 0 saturated carbocycles.